The van der Waals surface area contributed by atoms with Crippen LogP contribution in [-0.2, 0) is 0 Å². The smallest absolute Gasteiger partial charge is 0.142 e. The SMILES string of the molecule is COc1ccc(OC)c(N[C@@H]2CCC[C@H]2O)c1. The molecule has 0 spiro atoms. The number of hydrogen-bond acceptors (Lipinski definition) is 4. The van der Waals surface area contributed by atoms with E-state index in [9.17, 15) is 5.11 Å². The number of aliphatic hydroxyl groups is 1. The van der Waals surface area contributed by atoms with Crippen LogP contribution in [0.2, 0.25) is 0 Å². The Hall–Kier alpha value is -1.42. The second kappa shape index (κ2) is 5.27. The Morgan fingerprint density at radius 2 is 2.06 bits per heavy atom. The highest BCUT2D eigenvalue weighted by Crippen LogP contribution is 2.32. The van der Waals surface area contributed by atoms with E-state index >= 15 is 0 Å². The third-order valence-electron chi connectivity index (χ3n) is 3.23. The summed E-state index contributed by atoms with van der Waals surface area (Å²) in [5.74, 6) is 1.55. The number of anilines is 1. The zero-order valence-corrected chi connectivity index (χ0v) is 10.3. The van der Waals surface area contributed by atoms with Gasteiger partial charge in [0.15, 0.2) is 0 Å². The minimum Gasteiger partial charge on any atom is -0.497 e. The first kappa shape index (κ1) is 12.0. The Morgan fingerprint density at radius 3 is 2.65 bits per heavy atom. The van der Waals surface area contributed by atoms with Crippen LogP contribution in [0, 0.1) is 0 Å². The first-order chi connectivity index (χ1) is 8.24. The third-order valence-corrected chi connectivity index (χ3v) is 3.23. The van der Waals surface area contributed by atoms with E-state index in [-0.39, 0.29) is 12.1 Å². The molecule has 2 N–H and O–H groups in total. The van der Waals surface area contributed by atoms with Crippen molar-refractivity contribution >= 4 is 5.69 Å². The quantitative estimate of drug-likeness (QED) is 0.841. The first-order valence-corrected chi connectivity index (χ1v) is 5.91. The highest BCUT2D eigenvalue weighted by Gasteiger charge is 2.25. The molecule has 1 aliphatic carbocycles. The highest BCUT2D eigenvalue weighted by molar-refractivity contribution is 5.60. The standard InChI is InChI=1S/C13H19NO3/c1-16-9-6-7-13(17-2)11(8-9)14-10-4-3-5-12(10)15/h6-8,10,12,14-15H,3-5H2,1-2H3/t10-,12-/m1/s1. The molecule has 0 unspecified atom stereocenters. The molecule has 17 heavy (non-hydrogen) atoms. The minimum absolute atomic E-state index is 0.107. The molecule has 1 aromatic rings. The monoisotopic (exact) mass is 237 g/mol. The van der Waals surface area contributed by atoms with Gasteiger partial charge in [0.05, 0.1) is 32.1 Å². The van der Waals surface area contributed by atoms with E-state index in [0.29, 0.717) is 0 Å². The molecule has 0 aliphatic heterocycles. The van der Waals surface area contributed by atoms with Gasteiger partial charge in [-0.2, -0.15) is 0 Å². The average Bonchev–Trinajstić information content (AvgIpc) is 2.75. The topological polar surface area (TPSA) is 50.7 Å². The molecule has 1 saturated carbocycles. The number of nitrogens with one attached hydrogen (secondary N) is 1. The number of benzene rings is 1. The van der Waals surface area contributed by atoms with Crippen LogP contribution in [0.4, 0.5) is 5.69 Å². The van der Waals surface area contributed by atoms with Gasteiger partial charge in [0.2, 0.25) is 0 Å². The summed E-state index contributed by atoms with van der Waals surface area (Å²) in [6.45, 7) is 0. The molecule has 2 rings (SSSR count). The molecule has 0 aromatic heterocycles. The summed E-state index contributed by atoms with van der Waals surface area (Å²) in [6.07, 6.45) is 2.64. The summed E-state index contributed by atoms with van der Waals surface area (Å²) in [5.41, 5.74) is 0.873. The molecule has 1 aromatic carbocycles. The van der Waals surface area contributed by atoms with Crippen LogP contribution in [-0.4, -0.2) is 31.5 Å². The maximum Gasteiger partial charge on any atom is 0.142 e. The number of rotatable bonds is 4. The molecular formula is C13H19NO3. The summed E-state index contributed by atoms with van der Waals surface area (Å²) >= 11 is 0. The molecule has 94 valence electrons. The molecule has 0 bridgehead atoms. The largest absolute Gasteiger partial charge is 0.497 e. The zero-order chi connectivity index (χ0) is 12.3. The molecule has 2 atom stereocenters. The van der Waals surface area contributed by atoms with Gasteiger partial charge in [-0.1, -0.05) is 0 Å². The van der Waals surface area contributed by atoms with E-state index in [0.717, 1.165) is 36.4 Å². The van der Waals surface area contributed by atoms with Crippen molar-refractivity contribution in [3.05, 3.63) is 18.2 Å². The van der Waals surface area contributed by atoms with E-state index < -0.39 is 0 Å². The lowest BCUT2D eigenvalue weighted by Crippen LogP contribution is -2.28. The van der Waals surface area contributed by atoms with Crippen LogP contribution in [0.25, 0.3) is 0 Å². The van der Waals surface area contributed by atoms with Crippen molar-refractivity contribution in [2.45, 2.75) is 31.4 Å². The first-order valence-electron chi connectivity index (χ1n) is 5.91. The Labute approximate surface area is 102 Å². The molecular weight excluding hydrogens is 218 g/mol. The molecule has 0 heterocycles. The highest BCUT2D eigenvalue weighted by atomic mass is 16.5. The summed E-state index contributed by atoms with van der Waals surface area (Å²) in [7, 11) is 3.27. The maximum atomic E-state index is 9.81. The van der Waals surface area contributed by atoms with Gasteiger partial charge in [0.1, 0.15) is 11.5 Å². The van der Waals surface area contributed by atoms with Gasteiger partial charge in [0, 0.05) is 6.07 Å². The lowest BCUT2D eigenvalue weighted by molar-refractivity contribution is 0.171. The van der Waals surface area contributed by atoms with E-state index in [4.69, 9.17) is 9.47 Å². The Morgan fingerprint density at radius 1 is 1.24 bits per heavy atom. The van der Waals surface area contributed by atoms with Gasteiger partial charge in [-0.3, -0.25) is 0 Å². The third kappa shape index (κ3) is 2.64. The molecule has 0 amide bonds. The number of methoxy groups -OCH3 is 2. The van der Waals surface area contributed by atoms with Gasteiger partial charge in [-0.15, -0.1) is 0 Å². The Balaban J connectivity index is 2.17. The van der Waals surface area contributed by atoms with E-state index in [1.807, 2.05) is 18.2 Å². The van der Waals surface area contributed by atoms with Crippen LogP contribution in [0.15, 0.2) is 18.2 Å². The summed E-state index contributed by atoms with van der Waals surface area (Å²) in [4.78, 5) is 0. The number of ether oxygens (including phenoxy) is 2. The fourth-order valence-corrected chi connectivity index (χ4v) is 2.24. The molecule has 0 saturated heterocycles. The number of hydrogen-bond donors (Lipinski definition) is 2. The maximum absolute atomic E-state index is 9.81. The van der Waals surface area contributed by atoms with Crippen molar-refractivity contribution in [3.8, 4) is 11.5 Å². The van der Waals surface area contributed by atoms with E-state index in [1.165, 1.54) is 0 Å². The van der Waals surface area contributed by atoms with Crippen LogP contribution in [0.5, 0.6) is 11.5 Å². The second-order valence-corrected chi connectivity index (χ2v) is 4.32. The predicted octanol–water partition coefficient (Wildman–Crippen LogP) is 2.03. The Bertz CT molecular complexity index is 381. The fourth-order valence-electron chi connectivity index (χ4n) is 2.24. The van der Waals surface area contributed by atoms with Crippen LogP contribution >= 0.6 is 0 Å². The predicted molar refractivity (Wildman–Crippen MR) is 66.8 cm³/mol. The average molecular weight is 237 g/mol. The van der Waals surface area contributed by atoms with Crippen molar-refractivity contribution < 1.29 is 14.6 Å². The van der Waals surface area contributed by atoms with Crippen molar-refractivity contribution in [1.29, 1.82) is 0 Å². The lowest BCUT2D eigenvalue weighted by Gasteiger charge is -2.20. The van der Waals surface area contributed by atoms with Gasteiger partial charge in [0.25, 0.3) is 0 Å². The van der Waals surface area contributed by atoms with Crippen molar-refractivity contribution in [3.63, 3.8) is 0 Å². The summed E-state index contributed by atoms with van der Waals surface area (Å²) < 4.78 is 10.5. The van der Waals surface area contributed by atoms with Crippen LogP contribution < -0.4 is 14.8 Å². The van der Waals surface area contributed by atoms with Crippen molar-refractivity contribution in [1.82, 2.24) is 0 Å². The summed E-state index contributed by atoms with van der Waals surface area (Å²) in [5, 5.41) is 13.1. The van der Waals surface area contributed by atoms with Gasteiger partial charge < -0.3 is 19.9 Å². The van der Waals surface area contributed by atoms with Crippen molar-refractivity contribution in [2.75, 3.05) is 19.5 Å². The lowest BCUT2D eigenvalue weighted by atomic mass is 10.2. The van der Waals surface area contributed by atoms with Crippen LogP contribution in [0.1, 0.15) is 19.3 Å². The molecule has 4 heteroatoms. The summed E-state index contributed by atoms with van der Waals surface area (Å²) in [6, 6.07) is 5.72. The van der Waals surface area contributed by atoms with Gasteiger partial charge >= 0.3 is 0 Å². The van der Waals surface area contributed by atoms with E-state index in [1.54, 1.807) is 14.2 Å². The normalized spacial score (nSPS) is 23.5. The zero-order valence-electron chi connectivity index (χ0n) is 10.3. The van der Waals surface area contributed by atoms with Gasteiger partial charge in [-0.25, -0.2) is 0 Å². The number of aliphatic hydroxyl groups excluding tert-OH is 1. The van der Waals surface area contributed by atoms with Crippen molar-refractivity contribution in [2.24, 2.45) is 0 Å². The Kier molecular flexibility index (Phi) is 3.74. The second-order valence-electron chi connectivity index (χ2n) is 4.32. The minimum atomic E-state index is -0.272. The van der Waals surface area contributed by atoms with E-state index in [2.05, 4.69) is 5.32 Å². The van der Waals surface area contributed by atoms with Gasteiger partial charge in [-0.05, 0) is 31.4 Å². The van der Waals surface area contributed by atoms with Crippen LogP contribution in [0.3, 0.4) is 0 Å². The fraction of sp³-hybridized carbons (Fsp3) is 0.538. The molecule has 4 nitrogen and oxygen atoms in total. The molecule has 0 radical (unpaired) electrons. The molecule has 1 aliphatic rings. The molecule has 1 fully saturated rings.